The number of carbonyl (C=O) groups excluding carboxylic acids is 1. The van der Waals surface area contributed by atoms with Crippen LogP contribution < -0.4 is 5.43 Å². The zero-order valence-electron chi connectivity index (χ0n) is 17.3. The summed E-state index contributed by atoms with van der Waals surface area (Å²) in [6.45, 7) is 3.05. The molecule has 156 valence electrons. The van der Waals surface area contributed by atoms with Crippen LogP contribution >= 0.6 is 0 Å². The van der Waals surface area contributed by atoms with Gasteiger partial charge in [-0.2, -0.15) is 0 Å². The second-order valence-electron chi connectivity index (χ2n) is 9.58. The van der Waals surface area contributed by atoms with Gasteiger partial charge in [0.15, 0.2) is 0 Å². The number of benzene rings is 1. The predicted molar refractivity (Wildman–Crippen MR) is 118 cm³/mol. The topological polar surface area (TPSA) is 56.4 Å². The third-order valence-corrected chi connectivity index (χ3v) is 7.94. The number of nitrogens with one attached hydrogen (secondary N) is 1. The average Bonchev–Trinajstić information content (AvgIpc) is 2.79. The number of fused-ring (bicyclic) bond motifs is 7. The van der Waals surface area contributed by atoms with Crippen LogP contribution in [0.15, 0.2) is 46.9 Å². The molecule has 3 saturated heterocycles. The summed E-state index contributed by atoms with van der Waals surface area (Å²) in [6, 6.07) is 8.30. The first-order valence-electron chi connectivity index (χ1n) is 11.6. The minimum Gasteiger partial charge on any atom is -0.360 e. The highest BCUT2D eigenvalue weighted by Crippen LogP contribution is 2.45. The minimum atomic E-state index is -0.154. The first-order valence-corrected chi connectivity index (χ1v) is 11.6. The van der Waals surface area contributed by atoms with E-state index in [4.69, 9.17) is 0 Å². The fourth-order valence-electron chi connectivity index (χ4n) is 6.68. The van der Waals surface area contributed by atoms with Gasteiger partial charge >= 0.3 is 0 Å². The first-order chi connectivity index (χ1) is 14.7. The summed E-state index contributed by atoms with van der Waals surface area (Å²) >= 11 is 0. The van der Waals surface area contributed by atoms with E-state index in [0.717, 1.165) is 31.4 Å². The van der Waals surface area contributed by atoms with Crippen molar-refractivity contribution in [2.45, 2.75) is 50.6 Å². The van der Waals surface area contributed by atoms with Crippen LogP contribution in [0.3, 0.4) is 0 Å². The highest BCUT2D eigenvalue weighted by molar-refractivity contribution is 5.97. The zero-order valence-corrected chi connectivity index (χ0v) is 17.3. The molecule has 5 heteroatoms. The Morgan fingerprint density at radius 3 is 2.93 bits per heavy atom. The van der Waals surface area contributed by atoms with Gasteiger partial charge in [0.05, 0.1) is 6.04 Å². The number of para-hydroxylation sites is 1. The molecule has 2 bridgehead atoms. The maximum atomic E-state index is 13.6. The molecule has 1 aromatic carbocycles. The van der Waals surface area contributed by atoms with Crippen molar-refractivity contribution >= 4 is 16.8 Å². The molecule has 1 aliphatic carbocycles. The lowest BCUT2D eigenvalue weighted by Gasteiger charge is -2.54. The smallest absolute Gasteiger partial charge is 0.259 e. The largest absolute Gasteiger partial charge is 0.360 e. The summed E-state index contributed by atoms with van der Waals surface area (Å²) in [5.41, 5.74) is 2.36. The summed E-state index contributed by atoms with van der Waals surface area (Å²) in [7, 11) is 0. The molecule has 0 saturated carbocycles. The lowest BCUT2D eigenvalue weighted by atomic mass is 9.68. The van der Waals surface area contributed by atoms with Gasteiger partial charge in [-0.3, -0.25) is 14.5 Å². The Labute approximate surface area is 176 Å². The maximum Gasteiger partial charge on any atom is 0.259 e. The summed E-state index contributed by atoms with van der Waals surface area (Å²) in [5, 5.41) is 0.591. The van der Waals surface area contributed by atoms with Crippen LogP contribution in [0.2, 0.25) is 0 Å². The third-order valence-electron chi connectivity index (χ3n) is 7.94. The summed E-state index contributed by atoms with van der Waals surface area (Å²) in [4.78, 5) is 34.6. The number of pyridine rings is 1. The van der Waals surface area contributed by atoms with Gasteiger partial charge in [-0.1, -0.05) is 30.2 Å². The number of carbonyl (C=O) groups is 1. The molecule has 0 unspecified atom stereocenters. The highest BCUT2D eigenvalue weighted by Gasteiger charge is 2.47. The molecular formula is C25H29N3O2. The standard InChI is InChI=1S/C25H29N3O2/c29-24-19-7-1-2-8-21(19)26-14-20(24)25(30)28-11-5-6-16-12-17-13-18(23(16)28)15-27-10-4-3-9-22(17)27/h1-2,7-8,12,14,17-18,22-23H,3-6,9-11,13,15H2,(H,26,29)/t17-,18-,22+,23+/m1/s1. The minimum absolute atomic E-state index is 0.100. The van der Waals surface area contributed by atoms with Gasteiger partial charge in [0.1, 0.15) is 5.56 Å². The average molecular weight is 404 g/mol. The fraction of sp³-hybridized carbons (Fsp3) is 0.520. The molecule has 6 rings (SSSR count). The highest BCUT2D eigenvalue weighted by atomic mass is 16.2. The van der Waals surface area contributed by atoms with E-state index in [0.29, 0.717) is 23.3 Å². The van der Waals surface area contributed by atoms with E-state index in [9.17, 15) is 9.59 Å². The van der Waals surface area contributed by atoms with Crippen LogP contribution in [-0.2, 0) is 0 Å². The van der Waals surface area contributed by atoms with Crippen molar-refractivity contribution in [2.75, 3.05) is 19.6 Å². The number of aromatic amines is 1. The second kappa shape index (κ2) is 7.09. The van der Waals surface area contributed by atoms with Crippen molar-refractivity contribution in [1.82, 2.24) is 14.8 Å². The van der Waals surface area contributed by atoms with E-state index in [1.807, 2.05) is 23.1 Å². The normalized spacial score (nSPS) is 31.1. The van der Waals surface area contributed by atoms with E-state index < -0.39 is 0 Å². The molecule has 1 amide bonds. The number of nitrogens with zero attached hydrogens (tertiary/aromatic N) is 2. The number of piperidine rings is 3. The Balaban J connectivity index is 1.36. The van der Waals surface area contributed by atoms with E-state index in [1.54, 1.807) is 12.3 Å². The summed E-state index contributed by atoms with van der Waals surface area (Å²) in [5.74, 6) is 1.04. The van der Waals surface area contributed by atoms with Crippen LogP contribution in [0.4, 0.5) is 0 Å². The number of aromatic nitrogens is 1. The predicted octanol–water partition coefficient (Wildman–Crippen LogP) is 3.56. The molecule has 0 spiro atoms. The third kappa shape index (κ3) is 2.78. The molecule has 1 N–H and O–H groups in total. The molecule has 3 fully saturated rings. The van der Waals surface area contributed by atoms with Crippen LogP contribution in [0.5, 0.6) is 0 Å². The molecule has 1 aromatic heterocycles. The van der Waals surface area contributed by atoms with Gasteiger partial charge in [0, 0.05) is 36.2 Å². The molecule has 3 aliphatic heterocycles. The van der Waals surface area contributed by atoms with Crippen molar-refractivity contribution < 1.29 is 4.79 Å². The van der Waals surface area contributed by atoms with E-state index in [-0.39, 0.29) is 22.9 Å². The molecule has 4 aliphatic rings. The molecule has 4 heterocycles. The van der Waals surface area contributed by atoms with Gasteiger partial charge in [-0.15, -0.1) is 0 Å². The lowest BCUT2D eigenvalue weighted by Crippen LogP contribution is -2.60. The Kier molecular flexibility index (Phi) is 4.34. The van der Waals surface area contributed by atoms with Crippen LogP contribution in [0.1, 0.15) is 48.9 Å². The first kappa shape index (κ1) is 18.4. The monoisotopic (exact) mass is 403 g/mol. The molecule has 30 heavy (non-hydrogen) atoms. The second-order valence-corrected chi connectivity index (χ2v) is 9.58. The van der Waals surface area contributed by atoms with Crippen LogP contribution in [0, 0.1) is 11.8 Å². The Hall–Kier alpha value is -2.40. The van der Waals surface area contributed by atoms with Crippen molar-refractivity contribution in [3.05, 3.63) is 57.9 Å². The SMILES string of the molecule is O=C(c1c[nH]c2ccccc2c1=O)N1CCCC2=C[C@@H]3C[C@H](CN4CCCC[C@@H]34)[C@H]21. The van der Waals surface area contributed by atoms with Gasteiger partial charge in [-0.05, 0) is 62.6 Å². The van der Waals surface area contributed by atoms with Crippen LogP contribution in [0.25, 0.3) is 10.9 Å². The molecule has 4 atom stereocenters. The van der Waals surface area contributed by atoms with Gasteiger partial charge in [-0.25, -0.2) is 0 Å². The number of hydrogen-bond donors (Lipinski definition) is 1. The Morgan fingerprint density at radius 1 is 1.10 bits per heavy atom. The summed E-state index contributed by atoms with van der Waals surface area (Å²) < 4.78 is 0. The molecule has 2 aromatic rings. The Bertz CT molecular complexity index is 1090. The fourth-order valence-corrected chi connectivity index (χ4v) is 6.68. The molecule has 5 nitrogen and oxygen atoms in total. The van der Waals surface area contributed by atoms with Crippen LogP contribution in [-0.4, -0.2) is 52.4 Å². The Morgan fingerprint density at radius 2 is 2.00 bits per heavy atom. The van der Waals surface area contributed by atoms with E-state index in [1.165, 1.54) is 37.8 Å². The van der Waals surface area contributed by atoms with E-state index in [2.05, 4.69) is 16.0 Å². The van der Waals surface area contributed by atoms with E-state index >= 15 is 0 Å². The number of amides is 1. The van der Waals surface area contributed by atoms with Gasteiger partial charge in [0.25, 0.3) is 5.91 Å². The molecule has 0 radical (unpaired) electrons. The lowest BCUT2D eigenvalue weighted by molar-refractivity contribution is 0.00143. The van der Waals surface area contributed by atoms with Gasteiger partial charge < -0.3 is 9.88 Å². The quantitative estimate of drug-likeness (QED) is 0.741. The van der Waals surface area contributed by atoms with Crippen molar-refractivity contribution in [3.8, 4) is 0 Å². The number of hydrogen-bond acceptors (Lipinski definition) is 3. The zero-order chi connectivity index (χ0) is 20.2. The summed E-state index contributed by atoms with van der Waals surface area (Å²) in [6.07, 6.45) is 11.4. The maximum absolute atomic E-state index is 13.6. The van der Waals surface area contributed by atoms with Crippen molar-refractivity contribution in [3.63, 3.8) is 0 Å². The number of rotatable bonds is 1. The number of likely N-dealkylation sites (tertiary alicyclic amines) is 1. The van der Waals surface area contributed by atoms with Crippen molar-refractivity contribution in [1.29, 1.82) is 0 Å². The number of H-pyrrole nitrogens is 1. The molecular weight excluding hydrogens is 374 g/mol. The van der Waals surface area contributed by atoms with Crippen molar-refractivity contribution in [2.24, 2.45) is 11.8 Å². The van der Waals surface area contributed by atoms with Gasteiger partial charge in [0.2, 0.25) is 5.43 Å².